The van der Waals surface area contributed by atoms with E-state index in [2.05, 4.69) is 44.1 Å². The maximum atomic E-state index is 13.3. The molecule has 1 aliphatic carbocycles. The summed E-state index contributed by atoms with van der Waals surface area (Å²) < 4.78 is 46.6. The molecular formula is C30H38F3N9O2. The molecule has 236 valence electrons. The number of hydrogen-bond donors (Lipinski definition) is 2. The zero-order valence-corrected chi connectivity index (χ0v) is 25.2. The van der Waals surface area contributed by atoms with Gasteiger partial charge in [0.2, 0.25) is 17.6 Å². The number of H-pyrrole nitrogens is 1. The van der Waals surface area contributed by atoms with E-state index < -0.39 is 17.5 Å². The van der Waals surface area contributed by atoms with Crippen molar-refractivity contribution in [3.63, 3.8) is 0 Å². The van der Waals surface area contributed by atoms with Crippen molar-refractivity contribution < 1.29 is 17.7 Å². The van der Waals surface area contributed by atoms with Crippen LogP contribution < -0.4 is 16.0 Å². The number of nitrogens with one attached hydrogen (secondary N) is 2. The molecule has 1 aromatic carbocycles. The molecule has 3 aromatic heterocycles. The summed E-state index contributed by atoms with van der Waals surface area (Å²) in [6, 6.07) is 5.29. The molecule has 11 nitrogen and oxygen atoms in total. The second-order valence-corrected chi connectivity index (χ2v) is 12.3. The van der Waals surface area contributed by atoms with Gasteiger partial charge < -0.3 is 19.7 Å². The molecule has 4 heterocycles. The minimum absolute atomic E-state index is 0.0858. The summed E-state index contributed by atoms with van der Waals surface area (Å²) >= 11 is 0. The highest BCUT2D eigenvalue weighted by Gasteiger charge is 2.31. The number of rotatable bonds is 11. The summed E-state index contributed by atoms with van der Waals surface area (Å²) in [5, 5.41) is 7.35. The number of benzene rings is 1. The number of hydrogen-bond acceptors (Lipinski definition) is 9. The van der Waals surface area contributed by atoms with Crippen molar-refractivity contribution in [2.75, 3.05) is 43.4 Å². The molecule has 6 rings (SSSR count). The maximum absolute atomic E-state index is 13.3. The standard InChI is InChI=1S/C30H38F3N9O2/c1-18(16-41-13-4-5-14-41)15-40(3)28-37-25-23(42(28)17-20-9-11-22(12-10-20)30(31,32)33)24(34-19(2)21-7-6-8-21)35-26(36-25)27-38-29(43)44-39-27/h9-12,18-19,21H,4-8,13-17H2,1-3H3,(H,34,35,36)(H,38,39,43). The van der Waals surface area contributed by atoms with E-state index in [-0.39, 0.29) is 24.2 Å². The molecule has 1 saturated heterocycles. The molecule has 2 unspecified atom stereocenters. The fourth-order valence-corrected chi connectivity index (χ4v) is 6.27. The number of halogens is 3. The first-order chi connectivity index (χ1) is 21.0. The molecule has 0 amide bonds. The highest BCUT2D eigenvalue weighted by Crippen LogP contribution is 2.35. The molecule has 44 heavy (non-hydrogen) atoms. The van der Waals surface area contributed by atoms with Crippen molar-refractivity contribution in [2.24, 2.45) is 11.8 Å². The summed E-state index contributed by atoms with van der Waals surface area (Å²) in [6.07, 6.45) is 1.42. The van der Waals surface area contributed by atoms with Crippen LogP contribution in [0.25, 0.3) is 22.8 Å². The Morgan fingerprint density at radius 1 is 1.09 bits per heavy atom. The molecule has 0 spiro atoms. The third-order valence-electron chi connectivity index (χ3n) is 8.77. The summed E-state index contributed by atoms with van der Waals surface area (Å²) in [6.45, 7) is 8.48. The van der Waals surface area contributed by atoms with Crippen LogP contribution in [0.2, 0.25) is 0 Å². The van der Waals surface area contributed by atoms with Crippen molar-refractivity contribution >= 4 is 22.9 Å². The third-order valence-corrected chi connectivity index (χ3v) is 8.77. The van der Waals surface area contributed by atoms with Crippen molar-refractivity contribution in [3.8, 4) is 11.6 Å². The lowest BCUT2D eigenvalue weighted by Gasteiger charge is -2.32. The molecule has 2 N–H and O–H groups in total. The number of aromatic amines is 1. The van der Waals surface area contributed by atoms with Crippen LogP contribution in [-0.4, -0.2) is 73.8 Å². The van der Waals surface area contributed by atoms with Gasteiger partial charge >= 0.3 is 11.9 Å². The molecule has 0 radical (unpaired) electrons. The van der Waals surface area contributed by atoms with Crippen molar-refractivity contribution in [1.82, 2.24) is 34.6 Å². The lowest BCUT2D eigenvalue weighted by atomic mass is 9.80. The fourth-order valence-electron chi connectivity index (χ4n) is 6.27. The maximum Gasteiger partial charge on any atom is 0.439 e. The predicted octanol–water partition coefficient (Wildman–Crippen LogP) is 5.01. The topological polar surface area (TPSA) is 121 Å². The first-order valence-electron chi connectivity index (χ1n) is 15.3. The molecule has 1 saturated carbocycles. The smallest absolute Gasteiger partial charge is 0.365 e. The van der Waals surface area contributed by atoms with Crippen LogP contribution in [0, 0.1) is 11.8 Å². The van der Waals surface area contributed by atoms with Gasteiger partial charge in [-0.05, 0) is 75.2 Å². The Labute approximate surface area is 252 Å². The third kappa shape index (κ3) is 6.44. The fraction of sp³-hybridized carbons (Fsp3) is 0.567. The molecule has 2 atom stereocenters. The van der Waals surface area contributed by atoms with Gasteiger partial charge in [0.15, 0.2) is 11.5 Å². The quantitative estimate of drug-likeness (QED) is 0.241. The number of imidazole rings is 1. The van der Waals surface area contributed by atoms with E-state index in [9.17, 15) is 18.0 Å². The SMILES string of the molecule is CC(CN1CCCC1)CN(C)c1nc2nc(-c3noc(=O)[nH]3)nc(NC(C)C3CCC3)c2n1Cc1ccc(C(F)(F)F)cc1. The Kier molecular flexibility index (Phi) is 8.36. The Hall–Kier alpha value is -3.94. The van der Waals surface area contributed by atoms with Crippen LogP contribution in [0.3, 0.4) is 0 Å². The monoisotopic (exact) mass is 613 g/mol. The molecule has 2 fully saturated rings. The van der Waals surface area contributed by atoms with Gasteiger partial charge in [-0.3, -0.25) is 9.51 Å². The number of fused-ring (bicyclic) bond motifs is 1. The van der Waals surface area contributed by atoms with Crippen LogP contribution >= 0.6 is 0 Å². The van der Waals surface area contributed by atoms with Crippen molar-refractivity contribution in [1.29, 1.82) is 0 Å². The number of alkyl halides is 3. The largest absolute Gasteiger partial charge is 0.439 e. The normalized spacial score (nSPS) is 17.6. The van der Waals surface area contributed by atoms with E-state index in [1.165, 1.54) is 31.4 Å². The van der Waals surface area contributed by atoms with E-state index in [0.29, 0.717) is 46.9 Å². The molecular weight excluding hydrogens is 575 g/mol. The highest BCUT2D eigenvalue weighted by atomic mass is 19.4. The summed E-state index contributed by atoms with van der Waals surface area (Å²) in [5.74, 6) is 1.47. The zero-order chi connectivity index (χ0) is 31.0. The van der Waals surface area contributed by atoms with E-state index in [4.69, 9.17) is 14.5 Å². The predicted molar refractivity (Wildman–Crippen MR) is 161 cm³/mol. The van der Waals surface area contributed by atoms with Crippen LogP contribution in [-0.2, 0) is 12.7 Å². The molecule has 1 aliphatic heterocycles. The zero-order valence-electron chi connectivity index (χ0n) is 25.2. The molecule has 4 aromatic rings. The van der Waals surface area contributed by atoms with Gasteiger partial charge in [-0.15, -0.1) is 0 Å². The minimum atomic E-state index is -4.42. The number of nitrogens with zero attached hydrogens (tertiary/aromatic N) is 7. The van der Waals surface area contributed by atoms with E-state index >= 15 is 0 Å². The van der Waals surface area contributed by atoms with Gasteiger partial charge in [0, 0.05) is 26.2 Å². The van der Waals surface area contributed by atoms with Crippen LogP contribution in [0.5, 0.6) is 0 Å². The van der Waals surface area contributed by atoms with E-state index in [0.717, 1.165) is 44.6 Å². The number of anilines is 2. The minimum Gasteiger partial charge on any atom is -0.365 e. The van der Waals surface area contributed by atoms with Crippen LogP contribution in [0.4, 0.5) is 24.9 Å². The second kappa shape index (κ2) is 12.2. The summed E-state index contributed by atoms with van der Waals surface area (Å²) in [5.41, 5.74) is 0.985. The Balaban J connectivity index is 1.43. The number of likely N-dealkylation sites (tertiary alicyclic amines) is 1. The molecule has 14 heteroatoms. The van der Waals surface area contributed by atoms with Gasteiger partial charge in [-0.25, -0.2) is 14.8 Å². The van der Waals surface area contributed by atoms with Gasteiger partial charge in [-0.1, -0.05) is 30.6 Å². The van der Waals surface area contributed by atoms with Gasteiger partial charge in [-0.2, -0.15) is 18.2 Å². The first kappa shape index (κ1) is 30.1. The summed E-state index contributed by atoms with van der Waals surface area (Å²) in [4.78, 5) is 33.2. The van der Waals surface area contributed by atoms with Crippen LogP contribution in [0.15, 0.2) is 33.6 Å². The average Bonchev–Trinajstić information content (AvgIpc) is 3.68. The van der Waals surface area contributed by atoms with E-state index in [1.807, 2.05) is 11.6 Å². The lowest BCUT2D eigenvalue weighted by molar-refractivity contribution is -0.137. The van der Waals surface area contributed by atoms with Crippen molar-refractivity contribution in [3.05, 3.63) is 45.9 Å². The molecule has 0 bridgehead atoms. The Bertz CT molecular complexity index is 1640. The van der Waals surface area contributed by atoms with Gasteiger partial charge in [0.05, 0.1) is 12.1 Å². The summed E-state index contributed by atoms with van der Waals surface area (Å²) in [7, 11) is 1.97. The van der Waals surface area contributed by atoms with Gasteiger partial charge in [0.1, 0.15) is 5.52 Å². The van der Waals surface area contributed by atoms with E-state index in [1.54, 1.807) is 0 Å². The van der Waals surface area contributed by atoms with Crippen LogP contribution in [0.1, 0.15) is 57.1 Å². The highest BCUT2D eigenvalue weighted by molar-refractivity contribution is 5.87. The Morgan fingerprint density at radius 2 is 1.82 bits per heavy atom. The first-order valence-corrected chi connectivity index (χ1v) is 15.3. The molecule has 2 aliphatic rings. The number of aromatic nitrogens is 6. The van der Waals surface area contributed by atoms with Gasteiger partial charge in [0.25, 0.3) is 0 Å². The Morgan fingerprint density at radius 3 is 2.43 bits per heavy atom. The second-order valence-electron chi connectivity index (χ2n) is 12.3. The van der Waals surface area contributed by atoms with Crippen molar-refractivity contribution in [2.45, 2.75) is 64.7 Å². The average molecular weight is 614 g/mol. The lowest BCUT2D eigenvalue weighted by Crippen LogP contribution is -2.34.